The molecule has 0 fully saturated rings. The van der Waals surface area contributed by atoms with Crippen molar-refractivity contribution in [3.05, 3.63) is 28.8 Å². The maximum atomic E-state index is 11.9. The Balaban J connectivity index is 2.66. The van der Waals surface area contributed by atoms with Crippen molar-refractivity contribution in [2.75, 3.05) is 23.5 Å². The quantitative estimate of drug-likeness (QED) is 0.541. The highest BCUT2D eigenvalue weighted by molar-refractivity contribution is 7.84. The largest absolute Gasteiger partial charge is 0.351 e. The predicted molar refractivity (Wildman–Crippen MR) is 75.1 cm³/mol. The van der Waals surface area contributed by atoms with Gasteiger partial charge in [0.1, 0.15) is 0 Å². The molecule has 1 aromatic rings. The number of hydrogen-bond acceptors (Lipinski definition) is 4. The highest BCUT2D eigenvalue weighted by Gasteiger charge is 2.11. The zero-order valence-corrected chi connectivity index (χ0v) is 11.6. The van der Waals surface area contributed by atoms with Crippen molar-refractivity contribution in [2.24, 2.45) is 5.84 Å². The first-order chi connectivity index (χ1) is 8.58. The Morgan fingerprint density at radius 1 is 1.50 bits per heavy atom. The monoisotopic (exact) mass is 289 g/mol. The molecule has 0 radical (unpaired) electrons. The average Bonchev–Trinajstić information content (AvgIpc) is 2.38. The van der Waals surface area contributed by atoms with Gasteiger partial charge in [-0.1, -0.05) is 18.5 Å². The van der Waals surface area contributed by atoms with E-state index in [-0.39, 0.29) is 5.91 Å². The van der Waals surface area contributed by atoms with Crippen LogP contribution in [0.5, 0.6) is 0 Å². The van der Waals surface area contributed by atoms with Crippen LogP contribution >= 0.6 is 11.6 Å². The van der Waals surface area contributed by atoms with Crippen molar-refractivity contribution in [1.29, 1.82) is 0 Å². The number of hydrazine groups is 1. The van der Waals surface area contributed by atoms with Gasteiger partial charge in [-0.05, 0) is 18.2 Å². The van der Waals surface area contributed by atoms with Crippen LogP contribution in [0.3, 0.4) is 0 Å². The molecule has 1 atom stereocenters. The zero-order chi connectivity index (χ0) is 13.5. The lowest BCUT2D eigenvalue weighted by Crippen LogP contribution is -2.29. The minimum Gasteiger partial charge on any atom is -0.351 e. The number of hydrogen-bond donors (Lipinski definition) is 3. The highest BCUT2D eigenvalue weighted by atomic mass is 35.5. The van der Waals surface area contributed by atoms with Gasteiger partial charge in [0.25, 0.3) is 5.91 Å². The van der Waals surface area contributed by atoms with E-state index in [1.165, 1.54) is 6.07 Å². The van der Waals surface area contributed by atoms with E-state index in [9.17, 15) is 9.00 Å². The fraction of sp³-hybridized carbons (Fsp3) is 0.364. The van der Waals surface area contributed by atoms with Crippen molar-refractivity contribution in [3.8, 4) is 0 Å². The molecule has 1 unspecified atom stereocenters. The predicted octanol–water partition coefficient (Wildman–Crippen LogP) is 1.12. The summed E-state index contributed by atoms with van der Waals surface area (Å²) in [6.07, 6.45) is 0. The van der Waals surface area contributed by atoms with Crippen molar-refractivity contribution < 1.29 is 9.00 Å². The third kappa shape index (κ3) is 4.29. The van der Waals surface area contributed by atoms with E-state index in [1.807, 2.05) is 6.92 Å². The van der Waals surface area contributed by atoms with Gasteiger partial charge >= 0.3 is 0 Å². The van der Waals surface area contributed by atoms with E-state index < -0.39 is 10.8 Å². The van der Waals surface area contributed by atoms with Crippen LogP contribution in [0.1, 0.15) is 17.3 Å². The summed E-state index contributed by atoms with van der Waals surface area (Å²) in [6.45, 7) is 2.20. The van der Waals surface area contributed by atoms with Crippen molar-refractivity contribution in [3.63, 3.8) is 0 Å². The van der Waals surface area contributed by atoms with Crippen molar-refractivity contribution >= 4 is 34.0 Å². The number of carbonyl (C=O) groups is 1. The molecule has 0 aliphatic rings. The summed E-state index contributed by atoms with van der Waals surface area (Å²) in [6, 6.07) is 4.80. The molecule has 18 heavy (non-hydrogen) atoms. The molecule has 4 N–H and O–H groups in total. The Morgan fingerprint density at radius 2 is 2.22 bits per heavy atom. The van der Waals surface area contributed by atoms with Crippen LogP contribution in [0, 0.1) is 0 Å². The maximum absolute atomic E-state index is 11.9. The van der Waals surface area contributed by atoms with E-state index in [2.05, 4.69) is 10.7 Å². The maximum Gasteiger partial charge on any atom is 0.253 e. The molecular weight excluding hydrogens is 274 g/mol. The molecule has 0 heterocycles. The lowest BCUT2D eigenvalue weighted by atomic mass is 10.1. The molecule has 100 valence electrons. The molecule has 0 aliphatic heterocycles. The Hall–Kier alpha value is -1.11. The molecule has 7 heteroatoms. The summed E-state index contributed by atoms with van der Waals surface area (Å²) in [5, 5.41) is 3.13. The average molecular weight is 290 g/mol. The van der Waals surface area contributed by atoms with E-state index in [0.29, 0.717) is 34.3 Å². The number of nitrogens with one attached hydrogen (secondary N) is 2. The van der Waals surface area contributed by atoms with Gasteiger partial charge < -0.3 is 10.7 Å². The van der Waals surface area contributed by atoms with Crippen molar-refractivity contribution in [2.45, 2.75) is 6.92 Å². The third-order valence-corrected chi connectivity index (χ3v) is 3.86. The number of amides is 1. The first kappa shape index (κ1) is 14.9. The molecule has 0 saturated heterocycles. The third-order valence-electron chi connectivity index (χ3n) is 2.32. The summed E-state index contributed by atoms with van der Waals surface area (Å²) < 4.78 is 11.2. The summed E-state index contributed by atoms with van der Waals surface area (Å²) >= 11 is 5.83. The Kier molecular flexibility index (Phi) is 6.11. The fourth-order valence-electron chi connectivity index (χ4n) is 1.35. The zero-order valence-electron chi connectivity index (χ0n) is 10.0. The minimum absolute atomic E-state index is 0.293. The minimum atomic E-state index is -0.892. The van der Waals surface area contributed by atoms with E-state index in [4.69, 9.17) is 17.4 Å². The number of nitrogens with two attached hydrogens (primary N) is 1. The first-order valence-electron chi connectivity index (χ1n) is 5.47. The standard InChI is InChI=1S/C11H16ClN3O2S/c1-2-18(17)6-5-14-11(16)9-7-8(12)3-4-10(9)15-13/h3-4,7,15H,2,5-6,13H2,1H3,(H,14,16). The number of nitrogen functional groups attached to an aromatic ring is 1. The second-order valence-corrected chi connectivity index (χ2v) is 5.82. The SMILES string of the molecule is CCS(=O)CCNC(=O)c1cc(Cl)ccc1NN. The van der Waals surface area contributed by atoms with Crippen LogP contribution in [0.4, 0.5) is 5.69 Å². The van der Waals surface area contributed by atoms with Gasteiger partial charge in [-0.25, -0.2) is 0 Å². The Morgan fingerprint density at radius 3 is 2.83 bits per heavy atom. The first-order valence-corrected chi connectivity index (χ1v) is 7.34. The second kappa shape index (κ2) is 7.35. The molecule has 0 aliphatic carbocycles. The number of anilines is 1. The van der Waals surface area contributed by atoms with E-state index in [1.54, 1.807) is 12.1 Å². The van der Waals surface area contributed by atoms with Gasteiger partial charge in [-0.2, -0.15) is 0 Å². The lowest BCUT2D eigenvalue weighted by molar-refractivity contribution is 0.0957. The summed E-state index contributed by atoms with van der Waals surface area (Å²) in [5.41, 5.74) is 3.30. The van der Waals surface area contributed by atoms with Crippen LogP contribution in [-0.4, -0.2) is 28.2 Å². The molecule has 5 nitrogen and oxygen atoms in total. The van der Waals surface area contributed by atoms with Gasteiger partial charge in [0.05, 0.1) is 11.3 Å². The second-order valence-electron chi connectivity index (χ2n) is 3.52. The Bertz CT molecular complexity index is 454. The Labute approximate surface area is 114 Å². The van der Waals surface area contributed by atoms with Crippen LogP contribution < -0.4 is 16.6 Å². The van der Waals surface area contributed by atoms with Gasteiger partial charge in [-0.15, -0.1) is 0 Å². The normalized spacial score (nSPS) is 11.9. The summed E-state index contributed by atoms with van der Waals surface area (Å²) in [5.74, 6) is 6.05. The highest BCUT2D eigenvalue weighted by Crippen LogP contribution is 2.19. The smallest absolute Gasteiger partial charge is 0.253 e. The number of benzene rings is 1. The molecule has 1 aromatic carbocycles. The lowest BCUT2D eigenvalue weighted by Gasteiger charge is -2.09. The van der Waals surface area contributed by atoms with E-state index in [0.717, 1.165) is 0 Å². The fourth-order valence-corrected chi connectivity index (χ4v) is 2.14. The van der Waals surface area contributed by atoms with E-state index >= 15 is 0 Å². The molecule has 0 spiro atoms. The number of carbonyl (C=O) groups excluding carboxylic acids is 1. The van der Waals surface area contributed by atoms with Gasteiger partial charge in [0.15, 0.2) is 0 Å². The van der Waals surface area contributed by atoms with Crippen molar-refractivity contribution in [1.82, 2.24) is 5.32 Å². The van der Waals surface area contributed by atoms with Crippen LogP contribution in [0.25, 0.3) is 0 Å². The van der Waals surface area contributed by atoms with Crippen LogP contribution in [0.15, 0.2) is 18.2 Å². The van der Waals surface area contributed by atoms with Gasteiger partial charge in [-0.3, -0.25) is 14.8 Å². The molecule has 0 saturated carbocycles. The number of halogens is 1. The van der Waals surface area contributed by atoms with Crippen LogP contribution in [0.2, 0.25) is 5.02 Å². The summed E-state index contributed by atoms with van der Waals surface area (Å²) in [4.78, 5) is 11.9. The van der Waals surface area contributed by atoms with Crippen LogP contribution in [-0.2, 0) is 10.8 Å². The van der Waals surface area contributed by atoms with Gasteiger partial charge in [0, 0.05) is 33.9 Å². The molecule has 1 rings (SSSR count). The molecular formula is C11H16ClN3O2S. The van der Waals surface area contributed by atoms with Gasteiger partial charge in [0.2, 0.25) is 0 Å². The molecule has 1 amide bonds. The number of rotatable bonds is 6. The molecule has 0 aromatic heterocycles. The molecule has 0 bridgehead atoms. The topological polar surface area (TPSA) is 84.2 Å². The summed E-state index contributed by atoms with van der Waals surface area (Å²) in [7, 11) is -0.892.